The van der Waals surface area contributed by atoms with Gasteiger partial charge >= 0.3 is 11.7 Å². The maximum Gasteiger partial charge on any atom is 0.346 e. The summed E-state index contributed by atoms with van der Waals surface area (Å²) in [6, 6.07) is 20.1. The van der Waals surface area contributed by atoms with E-state index >= 15 is 0 Å². The first-order valence-electron chi connectivity index (χ1n) is 11.4. The average Bonchev–Trinajstić information content (AvgIpc) is 3.15. The van der Waals surface area contributed by atoms with Crippen LogP contribution in [0.3, 0.4) is 0 Å². The molecule has 2 heterocycles. The normalized spacial score (nSPS) is 14.5. The van der Waals surface area contributed by atoms with E-state index < -0.39 is 0 Å². The van der Waals surface area contributed by atoms with Crippen molar-refractivity contribution in [2.45, 2.75) is 45.2 Å². The van der Waals surface area contributed by atoms with Gasteiger partial charge < -0.3 is 10.2 Å². The van der Waals surface area contributed by atoms with Crippen LogP contribution in [0.2, 0.25) is 0 Å². The molecule has 4 rings (SSSR count). The Hall–Kier alpha value is -3.35. The Bertz CT molecular complexity index is 1070. The molecule has 0 bridgehead atoms. The number of urea groups is 1. The molecule has 0 spiro atoms. The number of hydrogen-bond acceptors (Lipinski definition) is 3. The van der Waals surface area contributed by atoms with E-state index in [2.05, 4.69) is 17.4 Å². The first kappa shape index (κ1) is 21.9. The SMILES string of the molecule is CCn1c(C2CCN(C(=O)NCCc3ccccc3)CC2)nn(Cc2ccccc2)c1=O. The molecule has 0 radical (unpaired) electrons. The highest BCUT2D eigenvalue weighted by molar-refractivity contribution is 5.74. The smallest absolute Gasteiger partial charge is 0.338 e. The van der Waals surface area contributed by atoms with Crippen molar-refractivity contribution in [1.82, 2.24) is 24.6 Å². The zero-order valence-corrected chi connectivity index (χ0v) is 18.6. The van der Waals surface area contributed by atoms with E-state index in [0.29, 0.717) is 32.7 Å². The Morgan fingerprint density at radius 2 is 1.62 bits per heavy atom. The summed E-state index contributed by atoms with van der Waals surface area (Å²) in [4.78, 5) is 27.3. The predicted octanol–water partition coefficient (Wildman–Crippen LogP) is 3.24. The van der Waals surface area contributed by atoms with Gasteiger partial charge in [0, 0.05) is 32.1 Å². The van der Waals surface area contributed by atoms with Crippen molar-refractivity contribution in [2.75, 3.05) is 19.6 Å². The minimum absolute atomic E-state index is 0.0122. The monoisotopic (exact) mass is 433 g/mol. The van der Waals surface area contributed by atoms with Gasteiger partial charge in [0.2, 0.25) is 0 Å². The fraction of sp³-hybridized carbons (Fsp3) is 0.400. The molecular weight excluding hydrogens is 402 g/mol. The van der Waals surface area contributed by atoms with Gasteiger partial charge in [0.1, 0.15) is 5.82 Å². The van der Waals surface area contributed by atoms with Crippen molar-refractivity contribution >= 4 is 6.03 Å². The second-order valence-electron chi connectivity index (χ2n) is 8.26. The molecule has 3 aromatic rings. The van der Waals surface area contributed by atoms with E-state index in [-0.39, 0.29) is 17.6 Å². The highest BCUT2D eigenvalue weighted by Crippen LogP contribution is 2.26. The molecule has 1 aliphatic rings. The Kier molecular flexibility index (Phi) is 7.04. The van der Waals surface area contributed by atoms with Crippen molar-refractivity contribution < 1.29 is 4.79 Å². The van der Waals surface area contributed by atoms with E-state index in [0.717, 1.165) is 30.7 Å². The molecule has 1 aliphatic heterocycles. The number of amides is 2. The molecule has 2 amide bonds. The van der Waals surface area contributed by atoms with Crippen LogP contribution in [0.1, 0.15) is 42.6 Å². The summed E-state index contributed by atoms with van der Waals surface area (Å²) in [7, 11) is 0. The number of nitrogens with one attached hydrogen (secondary N) is 1. The summed E-state index contributed by atoms with van der Waals surface area (Å²) in [6.07, 6.45) is 2.45. The first-order chi connectivity index (χ1) is 15.7. The molecule has 7 nitrogen and oxygen atoms in total. The third kappa shape index (κ3) is 5.10. The highest BCUT2D eigenvalue weighted by Gasteiger charge is 2.28. The van der Waals surface area contributed by atoms with Gasteiger partial charge in [-0.25, -0.2) is 14.3 Å². The number of carbonyl (C=O) groups excluding carboxylic acids is 1. The molecule has 1 N–H and O–H groups in total. The summed E-state index contributed by atoms with van der Waals surface area (Å²) in [5.41, 5.74) is 2.21. The third-order valence-corrected chi connectivity index (χ3v) is 6.12. The molecule has 0 atom stereocenters. The largest absolute Gasteiger partial charge is 0.346 e. The maximum atomic E-state index is 12.9. The van der Waals surface area contributed by atoms with Gasteiger partial charge in [-0.05, 0) is 37.3 Å². The molecule has 1 saturated heterocycles. The molecule has 168 valence electrons. The Morgan fingerprint density at radius 3 is 2.25 bits per heavy atom. The third-order valence-electron chi connectivity index (χ3n) is 6.12. The lowest BCUT2D eigenvalue weighted by Gasteiger charge is -2.31. The minimum Gasteiger partial charge on any atom is -0.338 e. The van der Waals surface area contributed by atoms with Crippen LogP contribution in [0.4, 0.5) is 4.79 Å². The van der Waals surface area contributed by atoms with Crippen LogP contribution in [0.5, 0.6) is 0 Å². The Labute approximate surface area is 188 Å². The maximum absolute atomic E-state index is 12.9. The number of carbonyl (C=O) groups is 1. The van der Waals surface area contributed by atoms with Gasteiger partial charge in [-0.2, -0.15) is 5.10 Å². The Morgan fingerprint density at radius 1 is 1.00 bits per heavy atom. The quantitative estimate of drug-likeness (QED) is 0.622. The van der Waals surface area contributed by atoms with Gasteiger partial charge in [-0.3, -0.25) is 4.57 Å². The molecule has 1 fully saturated rings. The molecule has 1 aromatic heterocycles. The molecular formula is C25H31N5O2. The van der Waals surface area contributed by atoms with Gasteiger partial charge in [0.05, 0.1) is 6.54 Å². The second kappa shape index (κ2) is 10.3. The van der Waals surface area contributed by atoms with Crippen LogP contribution in [0, 0.1) is 0 Å². The van der Waals surface area contributed by atoms with E-state index in [1.807, 2.05) is 60.4 Å². The van der Waals surface area contributed by atoms with Crippen molar-refractivity contribution in [3.05, 3.63) is 88.1 Å². The number of likely N-dealkylation sites (tertiary alicyclic amines) is 1. The molecule has 0 aliphatic carbocycles. The average molecular weight is 434 g/mol. The lowest BCUT2D eigenvalue weighted by Crippen LogP contribution is -2.45. The lowest BCUT2D eigenvalue weighted by molar-refractivity contribution is 0.180. The topological polar surface area (TPSA) is 72.2 Å². The van der Waals surface area contributed by atoms with Crippen LogP contribution < -0.4 is 11.0 Å². The van der Waals surface area contributed by atoms with Gasteiger partial charge in [0.15, 0.2) is 0 Å². The second-order valence-corrected chi connectivity index (χ2v) is 8.26. The van der Waals surface area contributed by atoms with E-state index in [1.54, 1.807) is 9.25 Å². The van der Waals surface area contributed by atoms with Crippen molar-refractivity contribution in [1.29, 1.82) is 0 Å². The number of hydrogen-bond donors (Lipinski definition) is 1. The summed E-state index contributed by atoms with van der Waals surface area (Å²) in [5.74, 6) is 1.03. The van der Waals surface area contributed by atoms with Crippen molar-refractivity contribution in [2.24, 2.45) is 0 Å². The summed E-state index contributed by atoms with van der Waals surface area (Å²) >= 11 is 0. The molecule has 2 aromatic carbocycles. The summed E-state index contributed by atoms with van der Waals surface area (Å²) < 4.78 is 3.35. The fourth-order valence-corrected chi connectivity index (χ4v) is 4.33. The van der Waals surface area contributed by atoms with Crippen LogP contribution in [0.15, 0.2) is 65.5 Å². The molecule has 7 heteroatoms. The zero-order valence-electron chi connectivity index (χ0n) is 18.6. The van der Waals surface area contributed by atoms with Crippen LogP contribution in [-0.2, 0) is 19.5 Å². The first-order valence-corrected chi connectivity index (χ1v) is 11.4. The lowest BCUT2D eigenvalue weighted by atomic mass is 9.96. The van der Waals surface area contributed by atoms with E-state index in [9.17, 15) is 9.59 Å². The molecule has 0 unspecified atom stereocenters. The molecule has 32 heavy (non-hydrogen) atoms. The number of nitrogens with zero attached hydrogens (tertiary/aromatic N) is 4. The van der Waals surface area contributed by atoms with Crippen molar-refractivity contribution in [3.8, 4) is 0 Å². The van der Waals surface area contributed by atoms with E-state index in [1.165, 1.54) is 5.56 Å². The zero-order chi connectivity index (χ0) is 22.3. The summed E-state index contributed by atoms with van der Waals surface area (Å²) in [6.45, 7) is 5.03. The Balaban J connectivity index is 1.34. The summed E-state index contributed by atoms with van der Waals surface area (Å²) in [5, 5.41) is 7.73. The number of piperidine rings is 1. The fourth-order valence-electron chi connectivity index (χ4n) is 4.33. The molecule has 0 saturated carbocycles. The minimum atomic E-state index is -0.0626. The highest BCUT2D eigenvalue weighted by atomic mass is 16.2. The van der Waals surface area contributed by atoms with Crippen LogP contribution in [-0.4, -0.2) is 44.9 Å². The van der Waals surface area contributed by atoms with Crippen LogP contribution in [0.25, 0.3) is 0 Å². The number of rotatable bonds is 7. The number of benzene rings is 2. The standard InChI is InChI=1S/C25H31N5O2/c1-2-29-23(27-30(25(29)32)19-21-11-7-4-8-12-21)22-14-17-28(18-15-22)24(31)26-16-13-20-9-5-3-6-10-20/h3-12,22H,2,13-19H2,1H3,(H,26,31). The van der Waals surface area contributed by atoms with Gasteiger partial charge in [-0.15, -0.1) is 0 Å². The van der Waals surface area contributed by atoms with Gasteiger partial charge in [0.25, 0.3) is 0 Å². The van der Waals surface area contributed by atoms with Crippen LogP contribution >= 0.6 is 0 Å². The number of aromatic nitrogens is 3. The predicted molar refractivity (Wildman–Crippen MR) is 125 cm³/mol. The van der Waals surface area contributed by atoms with E-state index in [4.69, 9.17) is 5.10 Å². The van der Waals surface area contributed by atoms with Crippen molar-refractivity contribution in [3.63, 3.8) is 0 Å². The van der Waals surface area contributed by atoms with Gasteiger partial charge in [-0.1, -0.05) is 60.7 Å².